The van der Waals surface area contributed by atoms with Crippen molar-refractivity contribution in [2.75, 3.05) is 77.5 Å². The summed E-state index contributed by atoms with van der Waals surface area (Å²) in [6.45, 7) is 12.3. The van der Waals surface area contributed by atoms with Crippen molar-refractivity contribution in [2.24, 2.45) is 10.2 Å². The molecule has 0 aliphatic carbocycles. The van der Waals surface area contributed by atoms with Crippen LogP contribution in [0.25, 0.3) is 0 Å². The number of nitro groups is 1. The minimum Gasteiger partial charge on any atom is -0.492 e. The van der Waals surface area contributed by atoms with E-state index in [9.17, 15) is 19.7 Å². The van der Waals surface area contributed by atoms with Crippen LogP contribution in [-0.2, 0) is 46.1 Å². The number of hydrogen-bond donors (Lipinski definition) is 0. The molecule has 61 heavy (non-hydrogen) atoms. The molecule has 0 aliphatic rings. The number of carbonyl (C=O) groups excluding carboxylic acids is 2. The monoisotopic (exact) mass is 862 g/mol. The minimum atomic E-state index is -0.518. The number of halogens is 1. The number of ether oxygens (including phenoxy) is 7. The molecule has 0 saturated carbocycles. The molecule has 0 bridgehead atoms. The third kappa shape index (κ3) is 19.1. The lowest BCUT2D eigenvalue weighted by Gasteiger charge is -2.23. The fraction of sp³-hybridized carbons (Fsp3) is 0.422. The van der Waals surface area contributed by atoms with E-state index in [-0.39, 0.29) is 42.3 Å². The van der Waals surface area contributed by atoms with Crippen LogP contribution in [0.2, 0.25) is 5.02 Å². The first kappa shape index (κ1) is 48.1. The summed E-state index contributed by atoms with van der Waals surface area (Å²) in [7, 11) is 0. The molecule has 0 spiro atoms. The molecule has 0 N–H and O–H groups in total. The number of carbonyl (C=O) groups is 2. The van der Waals surface area contributed by atoms with Gasteiger partial charge in [0.1, 0.15) is 42.6 Å². The van der Waals surface area contributed by atoms with Crippen LogP contribution in [0.15, 0.2) is 101 Å². The highest BCUT2D eigenvalue weighted by molar-refractivity contribution is 6.33. The van der Waals surface area contributed by atoms with Crippen molar-refractivity contribution in [2.45, 2.75) is 52.6 Å². The number of rotatable bonds is 27. The van der Waals surface area contributed by atoms with Gasteiger partial charge in [0.05, 0.1) is 68.2 Å². The summed E-state index contributed by atoms with van der Waals surface area (Å²) < 4.78 is 38.9. The number of aryl methyl sites for hydroxylation is 1. The molecule has 0 radical (unpaired) electrons. The van der Waals surface area contributed by atoms with Gasteiger partial charge in [0.15, 0.2) is 0 Å². The number of hydrogen-bond acceptors (Lipinski definition) is 14. The molecule has 4 rings (SSSR count). The maximum atomic E-state index is 12.3. The second-order valence-corrected chi connectivity index (χ2v) is 14.9. The SMILES string of the molecule is CCN(CCOc1ccc(CC(=O)OCCOCCOCCOCCOc2ccc(CCC(=O)OC(C)(C)C)cc2)cc1)c1ccc(N=Nc2ccc([N+](=O)[O-])cc2Cl)cc1. The molecule has 0 atom stereocenters. The number of azo groups is 1. The third-order valence-corrected chi connectivity index (χ3v) is 8.91. The zero-order valence-electron chi connectivity index (χ0n) is 35.2. The van der Waals surface area contributed by atoms with Crippen molar-refractivity contribution >= 4 is 46.3 Å². The van der Waals surface area contributed by atoms with Gasteiger partial charge >= 0.3 is 11.9 Å². The van der Waals surface area contributed by atoms with Crippen molar-refractivity contribution in [3.05, 3.63) is 117 Å². The highest BCUT2D eigenvalue weighted by Crippen LogP contribution is 2.31. The highest BCUT2D eigenvalue weighted by atomic mass is 35.5. The first-order chi connectivity index (χ1) is 29.4. The maximum Gasteiger partial charge on any atom is 0.310 e. The van der Waals surface area contributed by atoms with Crippen molar-refractivity contribution in [3.63, 3.8) is 0 Å². The predicted octanol–water partition coefficient (Wildman–Crippen LogP) is 9.06. The molecule has 0 fully saturated rings. The first-order valence-electron chi connectivity index (χ1n) is 20.1. The van der Waals surface area contributed by atoms with E-state index in [4.69, 9.17) is 44.8 Å². The Morgan fingerprint density at radius 1 is 0.705 bits per heavy atom. The van der Waals surface area contributed by atoms with E-state index in [0.717, 1.165) is 29.1 Å². The van der Waals surface area contributed by atoms with Gasteiger partial charge in [-0.25, -0.2) is 0 Å². The molecule has 0 saturated heterocycles. The summed E-state index contributed by atoms with van der Waals surface area (Å²) in [5.41, 5.74) is 3.19. The standard InChI is InChI=1S/C45H55ClN4O11/c1-5-49(37-13-11-36(12-14-37)47-48-42-20-15-38(50(53)54)33-41(42)46)22-23-58-39-18-8-35(9-19-39)32-44(52)60-31-29-57-27-25-55-24-26-56-28-30-59-40-16-6-34(7-17-40)10-21-43(51)61-45(2,3)4/h6-9,11-20,33H,5,10,21-32H2,1-4H3. The van der Waals surface area contributed by atoms with E-state index in [0.29, 0.717) is 82.8 Å². The smallest absolute Gasteiger partial charge is 0.310 e. The number of anilines is 1. The van der Waals surface area contributed by atoms with Crippen LogP contribution in [0.1, 0.15) is 45.2 Å². The van der Waals surface area contributed by atoms with Crippen LogP contribution < -0.4 is 14.4 Å². The molecular weight excluding hydrogens is 808 g/mol. The summed E-state index contributed by atoms with van der Waals surface area (Å²) in [4.78, 5) is 36.8. The Balaban J connectivity index is 0.981. The lowest BCUT2D eigenvalue weighted by Crippen LogP contribution is -2.27. The summed E-state index contributed by atoms with van der Waals surface area (Å²) in [6, 6.07) is 26.5. The van der Waals surface area contributed by atoms with Gasteiger partial charge in [0.2, 0.25) is 0 Å². The number of esters is 2. The van der Waals surface area contributed by atoms with E-state index in [1.54, 1.807) is 0 Å². The van der Waals surface area contributed by atoms with Crippen LogP contribution >= 0.6 is 11.6 Å². The minimum absolute atomic E-state index is 0.112. The summed E-state index contributed by atoms with van der Waals surface area (Å²) in [5.74, 6) is 0.872. The molecule has 15 nitrogen and oxygen atoms in total. The van der Waals surface area contributed by atoms with Crippen molar-refractivity contribution in [3.8, 4) is 11.5 Å². The van der Waals surface area contributed by atoms with E-state index in [2.05, 4.69) is 22.1 Å². The molecule has 328 valence electrons. The predicted molar refractivity (Wildman–Crippen MR) is 232 cm³/mol. The molecule has 0 aliphatic heterocycles. The van der Waals surface area contributed by atoms with Crippen LogP contribution in [-0.4, -0.2) is 95.0 Å². The normalized spacial score (nSPS) is 11.4. The maximum absolute atomic E-state index is 12.3. The second kappa shape index (κ2) is 25.9. The van der Waals surface area contributed by atoms with Gasteiger partial charge in [0.25, 0.3) is 5.69 Å². The molecule has 0 aromatic heterocycles. The Bertz CT molecular complexity index is 1970. The zero-order valence-corrected chi connectivity index (χ0v) is 36.0. The largest absolute Gasteiger partial charge is 0.492 e. The number of nitro benzene ring substituents is 1. The molecule has 0 unspecified atom stereocenters. The van der Waals surface area contributed by atoms with Gasteiger partial charge in [-0.15, -0.1) is 5.11 Å². The summed E-state index contributed by atoms with van der Waals surface area (Å²) >= 11 is 6.11. The van der Waals surface area contributed by atoms with E-state index in [1.807, 2.05) is 93.6 Å². The van der Waals surface area contributed by atoms with Crippen LogP contribution in [0.4, 0.5) is 22.7 Å². The highest BCUT2D eigenvalue weighted by Gasteiger charge is 2.16. The number of non-ortho nitro benzene ring substituents is 1. The molecule has 0 heterocycles. The van der Waals surface area contributed by atoms with Gasteiger partial charge in [-0.05, 0) is 99.8 Å². The Kier molecular flexibility index (Phi) is 20.4. The number of likely N-dealkylation sites (N-methyl/N-ethyl adjacent to an activating group) is 1. The van der Waals surface area contributed by atoms with E-state index in [1.165, 1.54) is 18.2 Å². The third-order valence-electron chi connectivity index (χ3n) is 8.61. The Morgan fingerprint density at radius 2 is 1.28 bits per heavy atom. The van der Waals surface area contributed by atoms with E-state index < -0.39 is 10.5 Å². The van der Waals surface area contributed by atoms with Crippen molar-refractivity contribution < 1.29 is 47.7 Å². The van der Waals surface area contributed by atoms with Crippen molar-refractivity contribution in [1.29, 1.82) is 0 Å². The van der Waals surface area contributed by atoms with Gasteiger partial charge in [-0.3, -0.25) is 19.7 Å². The fourth-order valence-corrected chi connectivity index (χ4v) is 5.78. The van der Waals surface area contributed by atoms with Gasteiger partial charge in [0, 0.05) is 30.8 Å². The first-order valence-corrected chi connectivity index (χ1v) is 20.5. The summed E-state index contributed by atoms with van der Waals surface area (Å²) in [6.07, 6.45) is 1.08. The topological polar surface area (TPSA) is 170 Å². The van der Waals surface area contributed by atoms with Crippen LogP contribution in [0, 0.1) is 10.1 Å². The second-order valence-electron chi connectivity index (χ2n) is 14.5. The summed E-state index contributed by atoms with van der Waals surface area (Å²) in [5, 5.41) is 19.4. The molecular formula is C45H55ClN4O11. The molecule has 0 amide bonds. The fourth-order valence-electron chi connectivity index (χ4n) is 5.56. The molecule has 16 heteroatoms. The Morgan fingerprint density at radius 3 is 1.85 bits per heavy atom. The zero-order chi connectivity index (χ0) is 43.9. The number of benzene rings is 4. The number of nitrogens with zero attached hydrogens (tertiary/aromatic N) is 4. The average molecular weight is 863 g/mol. The lowest BCUT2D eigenvalue weighted by atomic mass is 10.1. The van der Waals surface area contributed by atoms with Gasteiger partial charge in [-0.1, -0.05) is 35.9 Å². The van der Waals surface area contributed by atoms with Crippen LogP contribution in [0.5, 0.6) is 11.5 Å². The molecule has 4 aromatic rings. The van der Waals surface area contributed by atoms with Crippen molar-refractivity contribution in [1.82, 2.24) is 0 Å². The van der Waals surface area contributed by atoms with Gasteiger partial charge < -0.3 is 38.1 Å². The lowest BCUT2D eigenvalue weighted by molar-refractivity contribution is -0.384. The molecule has 4 aromatic carbocycles. The quantitative estimate of drug-likeness (QED) is 0.0184. The Labute approximate surface area is 362 Å². The Hall–Kier alpha value is -5.61. The van der Waals surface area contributed by atoms with Crippen LogP contribution in [0.3, 0.4) is 0 Å². The van der Waals surface area contributed by atoms with E-state index >= 15 is 0 Å². The van der Waals surface area contributed by atoms with Gasteiger partial charge in [-0.2, -0.15) is 5.11 Å². The average Bonchev–Trinajstić information content (AvgIpc) is 3.23.